The molecule has 5 nitrogen and oxygen atoms in total. The molecule has 0 unspecified atom stereocenters. The van der Waals surface area contributed by atoms with E-state index in [4.69, 9.17) is 4.84 Å². The van der Waals surface area contributed by atoms with Crippen molar-refractivity contribution in [2.45, 2.75) is 19.9 Å². The van der Waals surface area contributed by atoms with Crippen molar-refractivity contribution in [3.8, 4) is 0 Å². The molecule has 0 aliphatic carbocycles. The van der Waals surface area contributed by atoms with Crippen molar-refractivity contribution in [3.63, 3.8) is 0 Å². The van der Waals surface area contributed by atoms with Crippen LogP contribution in [0.25, 0.3) is 10.8 Å². The summed E-state index contributed by atoms with van der Waals surface area (Å²) in [6.07, 6.45) is 0.698. The molecule has 2 aromatic rings. The molecule has 6 heteroatoms. The Bertz CT molecular complexity index is 740. The first-order valence-electron chi connectivity index (χ1n) is 6.64. The van der Waals surface area contributed by atoms with Gasteiger partial charge in [0.05, 0.1) is 7.11 Å². The molecule has 2 rings (SSSR count). The molecular formula is C15H17FN2O3. The Hall–Kier alpha value is -2.21. The van der Waals surface area contributed by atoms with Gasteiger partial charge in [-0.2, -0.15) is 0 Å². The molecule has 0 N–H and O–H groups in total. The Balaban J connectivity index is 2.75. The molecule has 1 amide bonds. The number of hydrogen-bond donors (Lipinski definition) is 0. The third kappa shape index (κ3) is 2.80. The molecule has 0 saturated carbocycles. The highest BCUT2D eigenvalue weighted by atomic mass is 19.1. The van der Waals surface area contributed by atoms with Crippen LogP contribution < -0.4 is 5.56 Å². The molecule has 0 bridgehead atoms. The van der Waals surface area contributed by atoms with Crippen LogP contribution in [0.2, 0.25) is 0 Å². The molecular weight excluding hydrogens is 275 g/mol. The quantitative estimate of drug-likeness (QED) is 0.812. The van der Waals surface area contributed by atoms with E-state index >= 15 is 0 Å². The van der Waals surface area contributed by atoms with Crippen LogP contribution in [0.5, 0.6) is 0 Å². The average Bonchev–Trinajstić information content (AvgIpc) is 2.48. The maximum atomic E-state index is 13.3. The Morgan fingerprint density at radius 3 is 2.71 bits per heavy atom. The molecule has 0 fully saturated rings. The van der Waals surface area contributed by atoms with Gasteiger partial charge in [-0.05, 0) is 36.1 Å². The molecule has 0 saturated heterocycles. The minimum atomic E-state index is -0.450. The van der Waals surface area contributed by atoms with E-state index in [-0.39, 0.29) is 11.3 Å². The number of amides is 1. The Labute approximate surface area is 121 Å². The van der Waals surface area contributed by atoms with Crippen LogP contribution in [-0.4, -0.2) is 29.7 Å². The van der Waals surface area contributed by atoms with Gasteiger partial charge in [-0.1, -0.05) is 6.92 Å². The van der Waals surface area contributed by atoms with E-state index in [2.05, 4.69) is 0 Å². The van der Waals surface area contributed by atoms with Crippen molar-refractivity contribution >= 4 is 16.7 Å². The SMILES string of the molecule is CCCn1c(C(=O)N(C)OC)cc2cc(F)ccc2c1=O. The maximum Gasteiger partial charge on any atom is 0.293 e. The second-order valence-electron chi connectivity index (χ2n) is 4.70. The zero-order valence-electron chi connectivity index (χ0n) is 12.2. The molecule has 1 aromatic carbocycles. The lowest BCUT2D eigenvalue weighted by molar-refractivity contribution is -0.0763. The third-order valence-electron chi connectivity index (χ3n) is 3.30. The van der Waals surface area contributed by atoms with Crippen molar-refractivity contribution < 1.29 is 14.0 Å². The number of halogens is 1. The van der Waals surface area contributed by atoms with Crippen molar-refractivity contribution in [1.29, 1.82) is 0 Å². The summed E-state index contributed by atoms with van der Waals surface area (Å²) < 4.78 is 14.7. The van der Waals surface area contributed by atoms with Gasteiger partial charge >= 0.3 is 0 Å². The predicted octanol–water partition coefficient (Wildman–Crippen LogP) is 2.18. The van der Waals surface area contributed by atoms with Crippen LogP contribution in [0.4, 0.5) is 4.39 Å². The van der Waals surface area contributed by atoms with Crippen LogP contribution in [0, 0.1) is 5.82 Å². The zero-order chi connectivity index (χ0) is 15.6. The Morgan fingerprint density at radius 2 is 2.10 bits per heavy atom. The molecule has 21 heavy (non-hydrogen) atoms. The number of benzene rings is 1. The standard InChI is InChI=1S/C15H17FN2O3/c1-4-7-18-13(15(20)17(2)21-3)9-10-8-11(16)5-6-12(10)14(18)19/h5-6,8-9H,4,7H2,1-3H3. The fourth-order valence-corrected chi connectivity index (χ4v) is 2.19. The highest BCUT2D eigenvalue weighted by molar-refractivity contribution is 5.96. The largest absolute Gasteiger partial charge is 0.303 e. The van der Waals surface area contributed by atoms with Crippen LogP contribution >= 0.6 is 0 Å². The molecule has 1 heterocycles. The summed E-state index contributed by atoms with van der Waals surface area (Å²) in [7, 11) is 2.82. The van der Waals surface area contributed by atoms with Crippen molar-refractivity contribution in [1.82, 2.24) is 9.63 Å². The number of carbonyl (C=O) groups excluding carboxylic acids is 1. The molecule has 0 aliphatic rings. The third-order valence-corrected chi connectivity index (χ3v) is 3.30. The molecule has 0 spiro atoms. The summed E-state index contributed by atoms with van der Waals surface area (Å²) in [6, 6.07) is 5.44. The van der Waals surface area contributed by atoms with Gasteiger partial charge < -0.3 is 4.57 Å². The Kier molecular flexibility index (Phi) is 4.37. The first kappa shape index (κ1) is 15.2. The molecule has 0 atom stereocenters. The van der Waals surface area contributed by atoms with E-state index in [0.29, 0.717) is 23.7 Å². The van der Waals surface area contributed by atoms with Crippen LogP contribution in [-0.2, 0) is 11.4 Å². The highest BCUT2D eigenvalue weighted by Crippen LogP contribution is 2.15. The van der Waals surface area contributed by atoms with E-state index in [0.717, 1.165) is 5.06 Å². The summed E-state index contributed by atoms with van der Waals surface area (Å²) in [5.41, 5.74) is -0.119. The number of hydroxylamine groups is 2. The normalized spacial score (nSPS) is 10.9. The van der Waals surface area contributed by atoms with Crippen molar-refractivity contribution in [2.24, 2.45) is 0 Å². The molecule has 112 valence electrons. The lowest BCUT2D eigenvalue weighted by atomic mass is 10.1. The number of nitrogens with zero attached hydrogens (tertiary/aromatic N) is 2. The van der Waals surface area contributed by atoms with Gasteiger partial charge in [0.2, 0.25) is 0 Å². The van der Waals surface area contributed by atoms with Crippen LogP contribution in [0.15, 0.2) is 29.1 Å². The first-order valence-corrected chi connectivity index (χ1v) is 6.64. The predicted molar refractivity (Wildman–Crippen MR) is 77.6 cm³/mol. The number of aromatic nitrogens is 1. The summed E-state index contributed by atoms with van der Waals surface area (Å²) in [5, 5.41) is 1.83. The summed E-state index contributed by atoms with van der Waals surface area (Å²) in [5.74, 6) is -0.900. The number of carbonyl (C=O) groups is 1. The van der Waals surface area contributed by atoms with E-state index < -0.39 is 11.7 Å². The molecule has 0 aliphatic heterocycles. The lowest BCUT2D eigenvalue weighted by Gasteiger charge is -2.18. The Morgan fingerprint density at radius 1 is 1.38 bits per heavy atom. The monoisotopic (exact) mass is 292 g/mol. The van der Waals surface area contributed by atoms with Gasteiger partial charge in [-0.25, -0.2) is 9.45 Å². The zero-order valence-corrected chi connectivity index (χ0v) is 12.2. The smallest absolute Gasteiger partial charge is 0.293 e. The minimum Gasteiger partial charge on any atom is -0.303 e. The molecule has 0 radical (unpaired) electrons. The second kappa shape index (κ2) is 6.05. The number of hydrogen-bond acceptors (Lipinski definition) is 3. The van der Waals surface area contributed by atoms with E-state index in [1.807, 2.05) is 6.92 Å². The number of pyridine rings is 1. The average molecular weight is 292 g/mol. The topological polar surface area (TPSA) is 51.5 Å². The van der Waals surface area contributed by atoms with Gasteiger partial charge in [0.25, 0.3) is 11.5 Å². The number of fused-ring (bicyclic) bond motifs is 1. The lowest BCUT2D eigenvalue weighted by Crippen LogP contribution is -2.33. The number of rotatable bonds is 4. The minimum absolute atomic E-state index is 0.185. The van der Waals surface area contributed by atoms with Crippen LogP contribution in [0.1, 0.15) is 23.8 Å². The van der Waals surface area contributed by atoms with Gasteiger partial charge in [0.15, 0.2) is 0 Å². The maximum absolute atomic E-state index is 13.3. The second-order valence-corrected chi connectivity index (χ2v) is 4.70. The van der Waals surface area contributed by atoms with Crippen molar-refractivity contribution in [2.75, 3.05) is 14.2 Å². The summed E-state index contributed by atoms with van der Waals surface area (Å²) in [4.78, 5) is 29.7. The van der Waals surface area contributed by atoms with Gasteiger partial charge in [0, 0.05) is 19.0 Å². The van der Waals surface area contributed by atoms with Crippen molar-refractivity contribution in [3.05, 3.63) is 46.1 Å². The molecule has 1 aromatic heterocycles. The van der Waals surface area contributed by atoms with Gasteiger partial charge in [0.1, 0.15) is 11.5 Å². The first-order chi connectivity index (χ1) is 9.99. The summed E-state index contributed by atoms with van der Waals surface area (Å²) >= 11 is 0. The fraction of sp³-hybridized carbons (Fsp3) is 0.333. The highest BCUT2D eigenvalue weighted by Gasteiger charge is 2.18. The summed E-state index contributed by atoms with van der Waals surface area (Å²) in [6.45, 7) is 2.32. The van der Waals surface area contributed by atoms with E-state index in [1.54, 1.807) is 0 Å². The van der Waals surface area contributed by atoms with E-state index in [9.17, 15) is 14.0 Å². The van der Waals surface area contributed by atoms with E-state index in [1.165, 1.54) is 43.0 Å². The van der Waals surface area contributed by atoms with Gasteiger partial charge in [-0.15, -0.1) is 0 Å². The van der Waals surface area contributed by atoms with Crippen LogP contribution in [0.3, 0.4) is 0 Å². The van der Waals surface area contributed by atoms with Gasteiger partial charge in [-0.3, -0.25) is 14.4 Å². The fourth-order valence-electron chi connectivity index (χ4n) is 2.19.